The first-order chi connectivity index (χ1) is 9.54. The summed E-state index contributed by atoms with van der Waals surface area (Å²) in [6, 6.07) is 6.67. The zero-order valence-corrected chi connectivity index (χ0v) is 13.0. The maximum absolute atomic E-state index is 9.32. The second-order valence-electron chi connectivity index (χ2n) is 5.33. The first kappa shape index (κ1) is 14.4. The second-order valence-corrected chi connectivity index (χ2v) is 5.33. The van der Waals surface area contributed by atoms with Crippen LogP contribution in [0.3, 0.4) is 0 Å². The van der Waals surface area contributed by atoms with Crippen LogP contribution in [0.4, 0.5) is 0 Å². The zero-order valence-electron chi connectivity index (χ0n) is 13.0. The molecule has 1 aromatic heterocycles. The normalized spacial score (nSPS) is 10.6. The number of benzene rings is 1. The van der Waals surface area contributed by atoms with Crippen molar-refractivity contribution in [2.75, 3.05) is 0 Å². The lowest BCUT2D eigenvalue weighted by atomic mass is 9.90. The van der Waals surface area contributed by atoms with Crippen LogP contribution in [-0.4, -0.2) is 4.98 Å². The van der Waals surface area contributed by atoms with Gasteiger partial charge in [0.1, 0.15) is 11.8 Å². The molecule has 0 atom stereocenters. The lowest BCUT2D eigenvalue weighted by Crippen LogP contribution is -1.95. The molecule has 0 radical (unpaired) electrons. The summed E-state index contributed by atoms with van der Waals surface area (Å²) in [5.74, 6) is 0. The predicted molar refractivity (Wildman–Crippen MR) is 83.9 cm³/mol. The Balaban J connectivity index is 2.79. The Morgan fingerprint density at radius 3 is 2.30 bits per heavy atom. The Morgan fingerprint density at radius 1 is 1.05 bits per heavy atom. The van der Waals surface area contributed by atoms with Gasteiger partial charge < -0.3 is 4.98 Å². The minimum absolute atomic E-state index is 0.719. The standard InChI is InChI=1S/C18H22N2/c1-6-14-17(10-19)20-16(7-2)18(14)15-9-8-11(3)12(4)13(15)5/h8-9,20H,6-7H2,1-5H3. The number of hydrogen-bond acceptors (Lipinski definition) is 1. The summed E-state index contributed by atoms with van der Waals surface area (Å²) in [4.78, 5) is 3.30. The van der Waals surface area contributed by atoms with Gasteiger partial charge in [-0.05, 0) is 61.4 Å². The molecule has 0 saturated carbocycles. The molecular formula is C18H22N2. The number of aromatic amines is 1. The molecule has 0 spiro atoms. The van der Waals surface area contributed by atoms with E-state index in [1.165, 1.54) is 33.5 Å². The minimum Gasteiger partial charge on any atom is -0.349 e. The van der Waals surface area contributed by atoms with Crippen molar-refractivity contribution in [3.05, 3.63) is 45.8 Å². The van der Waals surface area contributed by atoms with Gasteiger partial charge in [0, 0.05) is 11.3 Å². The average Bonchev–Trinajstić information content (AvgIpc) is 2.82. The van der Waals surface area contributed by atoms with Crippen LogP contribution in [0.5, 0.6) is 0 Å². The van der Waals surface area contributed by atoms with Gasteiger partial charge in [-0.2, -0.15) is 5.26 Å². The van der Waals surface area contributed by atoms with Crippen molar-refractivity contribution in [2.24, 2.45) is 0 Å². The fourth-order valence-corrected chi connectivity index (χ4v) is 2.86. The topological polar surface area (TPSA) is 39.6 Å². The molecule has 20 heavy (non-hydrogen) atoms. The smallest absolute Gasteiger partial charge is 0.121 e. The molecule has 0 bridgehead atoms. The summed E-state index contributed by atoms with van der Waals surface area (Å²) in [7, 11) is 0. The molecular weight excluding hydrogens is 244 g/mol. The van der Waals surface area contributed by atoms with Crippen LogP contribution in [0.25, 0.3) is 11.1 Å². The van der Waals surface area contributed by atoms with Crippen molar-refractivity contribution < 1.29 is 0 Å². The van der Waals surface area contributed by atoms with Gasteiger partial charge in [-0.1, -0.05) is 26.0 Å². The highest BCUT2D eigenvalue weighted by Gasteiger charge is 2.18. The van der Waals surface area contributed by atoms with E-state index in [1.54, 1.807) is 0 Å². The Kier molecular flexibility index (Phi) is 3.99. The van der Waals surface area contributed by atoms with Gasteiger partial charge in [-0.25, -0.2) is 0 Å². The lowest BCUT2D eigenvalue weighted by Gasteiger charge is -2.13. The zero-order chi connectivity index (χ0) is 14.9. The number of rotatable bonds is 3. The monoisotopic (exact) mass is 266 g/mol. The Morgan fingerprint density at radius 2 is 1.75 bits per heavy atom. The summed E-state index contributed by atoms with van der Waals surface area (Å²) < 4.78 is 0. The Bertz CT molecular complexity index is 684. The van der Waals surface area contributed by atoms with Crippen LogP contribution >= 0.6 is 0 Å². The lowest BCUT2D eigenvalue weighted by molar-refractivity contribution is 1.06. The molecule has 104 valence electrons. The molecule has 0 aliphatic rings. The van der Waals surface area contributed by atoms with Crippen molar-refractivity contribution in [1.82, 2.24) is 4.98 Å². The van der Waals surface area contributed by atoms with Gasteiger partial charge in [0.25, 0.3) is 0 Å². The van der Waals surface area contributed by atoms with Gasteiger partial charge in [0.05, 0.1) is 0 Å². The van der Waals surface area contributed by atoms with Crippen LogP contribution < -0.4 is 0 Å². The van der Waals surface area contributed by atoms with Crippen molar-refractivity contribution in [2.45, 2.75) is 47.5 Å². The predicted octanol–water partition coefficient (Wildman–Crippen LogP) is 4.60. The molecule has 0 saturated heterocycles. The Hall–Kier alpha value is -2.01. The molecule has 2 nitrogen and oxygen atoms in total. The minimum atomic E-state index is 0.719. The number of nitrogens with zero attached hydrogens (tertiary/aromatic N) is 1. The van der Waals surface area contributed by atoms with Crippen LogP contribution in [0.2, 0.25) is 0 Å². The summed E-state index contributed by atoms with van der Waals surface area (Å²) in [5, 5.41) is 9.32. The number of hydrogen-bond donors (Lipinski definition) is 1. The van der Waals surface area contributed by atoms with E-state index in [0.717, 1.165) is 24.1 Å². The molecule has 1 aromatic carbocycles. The van der Waals surface area contributed by atoms with Gasteiger partial charge in [0.2, 0.25) is 0 Å². The first-order valence-corrected chi connectivity index (χ1v) is 7.26. The highest BCUT2D eigenvalue weighted by molar-refractivity contribution is 5.76. The average molecular weight is 266 g/mol. The third kappa shape index (κ3) is 2.14. The van der Waals surface area contributed by atoms with Crippen molar-refractivity contribution in [1.29, 1.82) is 5.26 Å². The van der Waals surface area contributed by atoms with Crippen molar-refractivity contribution >= 4 is 0 Å². The molecule has 2 rings (SSSR count). The fourth-order valence-electron chi connectivity index (χ4n) is 2.86. The molecule has 0 unspecified atom stereocenters. The van der Waals surface area contributed by atoms with Gasteiger partial charge in [-0.15, -0.1) is 0 Å². The quantitative estimate of drug-likeness (QED) is 0.866. The fraction of sp³-hybridized carbons (Fsp3) is 0.389. The third-order valence-electron chi connectivity index (χ3n) is 4.33. The van der Waals surface area contributed by atoms with Gasteiger partial charge in [-0.3, -0.25) is 0 Å². The van der Waals surface area contributed by atoms with E-state index < -0.39 is 0 Å². The van der Waals surface area contributed by atoms with Gasteiger partial charge in [0.15, 0.2) is 0 Å². The van der Waals surface area contributed by atoms with Crippen LogP contribution in [0, 0.1) is 32.1 Å². The second kappa shape index (κ2) is 5.54. The molecule has 1 N–H and O–H groups in total. The van der Waals surface area contributed by atoms with Crippen molar-refractivity contribution in [3.8, 4) is 17.2 Å². The summed E-state index contributed by atoms with van der Waals surface area (Å²) >= 11 is 0. The molecule has 2 aromatic rings. The van der Waals surface area contributed by atoms with E-state index in [-0.39, 0.29) is 0 Å². The van der Waals surface area contributed by atoms with E-state index in [9.17, 15) is 5.26 Å². The maximum atomic E-state index is 9.32. The summed E-state index contributed by atoms with van der Waals surface area (Å²) in [6.07, 6.45) is 1.79. The SMILES string of the molecule is CCc1[nH]c(C#N)c(CC)c1-c1ccc(C)c(C)c1C. The van der Waals surface area contributed by atoms with E-state index >= 15 is 0 Å². The molecule has 1 heterocycles. The van der Waals surface area contributed by atoms with E-state index in [1.807, 2.05) is 0 Å². The number of nitrogens with one attached hydrogen (secondary N) is 1. The molecule has 0 aliphatic heterocycles. The first-order valence-electron chi connectivity index (χ1n) is 7.26. The Labute approximate surface area is 121 Å². The molecule has 0 fully saturated rings. The molecule has 2 heteroatoms. The largest absolute Gasteiger partial charge is 0.349 e. The number of aryl methyl sites for hydroxylation is 2. The number of H-pyrrole nitrogens is 1. The highest BCUT2D eigenvalue weighted by atomic mass is 14.7. The van der Waals surface area contributed by atoms with E-state index in [0.29, 0.717) is 0 Å². The molecule has 0 amide bonds. The number of nitriles is 1. The highest BCUT2D eigenvalue weighted by Crippen LogP contribution is 2.35. The van der Waals surface area contributed by atoms with E-state index in [4.69, 9.17) is 0 Å². The summed E-state index contributed by atoms with van der Waals surface area (Å²) in [6.45, 7) is 10.7. The van der Waals surface area contributed by atoms with Crippen LogP contribution in [-0.2, 0) is 12.8 Å². The van der Waals surface area contributed by atoms with Crippen LogP contribution in [0.15, 0.2) is 12.1 Å². The van der Waals surface area contributed by atoms with Crippen molar-refractivity contribution in [3.63, 3.8) is 0 Å². The molecule has 0 aliphatic carbocycles. The van der Waals surface area contributed by atoms with E-state index in [2.05, 4.69) is 57.8 Å². The summed E-state index contributed by atoms with van der Waals surface area (Å²) in [5.41, 5.74) is 9.52. The third-order valence-corrected chi connectivity index (χ3v) is 4.33. The van der Waals surface area contributed by atoms with Gasteiger partial charge >= 0.3 is 0 Å². The van der Waals surface area contributed by atoms with Crippen LogP contribution in [0.1, 0.15) is 47.5 Å². The maximum Gasteiger partial charge on any atom is 0.121 e. The number of aromatic nitrogens is 1.